The molecule has 0 aliphatic carbocycles. The van der Waals surface area contributed by atoms with Crippen molar-refractivity contribution in [2.75, 3.05) is 18.0 Å². The largest absolute Gasteiger partial charge is 0.480 e. The summed E-state index contributed by atoms with van der Waals surface area (Å²) in [6, 6.07) is 4.10. The first-order valence-electron chi connectivity index (χ1n) is 5.82. The first-order chi connectivity index (χ1) is 10.0. The van der Waals surface area contributed by atoms with Crippen LogP contribution in [-0.2, 0) is 4.79 Å². The fourth-order valence-electron chi connectivity index (χ4n) is 1.88. The van der Waals surface area contributed by atoms with E-state index in [0.29, 0.717) is 10.9 Å². The van der Waals surface area contributed by atoms with E-state index < -0.39 is 10.9 Å². The van der Waals surface area contributed by atoms with E-state index in [4.69, 9.17) is 11.5 Å². The van der Waals surface area contributed by atoms with Crippen LogP contribution < -0.4 is 4.90 Å². The van der Waals surface area contributed by atoms with Crippen molar-refractivity contribution < 1.29 is 14.8 Å². The molecule has 0 fully saturated rings. The second-order valence-corrected chi connectivity index (χ2v) is 4.11. The SMILES string of the molecule is C#CCN(CC(=O)O)c1ncnc2ccc([N+](=O)[O-])cc12. The lowest BCUT2D eigenvalue weighted by molar-refractivity contribution is -0.384. The zero-order valence-electron chi connectivity index (χ0n) is 10.8. The third kappa shape index (κ3) is 3.03. The Hall–Kier alpha value is -3.21. The summed E-state index contributed by atoms with van der Waals surface area (Å²) in [5, 5.41) is 20.2. The van der Waals surface area contributed by atoms with E-state index in [9.17, 15) is 14.9 Å². The van der Waals surface area contributed by atoms with E-state index in [1.54, 1.807) is 0 Å². The average Bonchev–Trinajstić information content (AvgIpc) is 2.45. The van der Waals surface area contributed by atoms with Crippen molar-refractivity contribution in [2.24, 2.45) is 0 Å². The molecule has 1 heterocycles. The summed E-state index contributed by atoms with van der Waals surface area (Å²) in [7, 11) is 0. The lowest BCUT2D eigenvalue weighted by atomic mass is 10.2. The summed E-state index contributed by atoms with van der Waals surface area (Å²) in [6.07, 6.45) is 6.49. The zero-order chi connectivity index (χ0) is 15.4. The van der Waals surface area contributed by atoms with Crippen LogP contribution in [0.2, 0.25) is 0 Å². The van der Waals surface area contributed by atoms with Crippen molar-refractivity contribution in [3.8, 4) is 12.3 Å². The maximum Gasteiger partial charge on any atom is 0.323 e. The second kappa shape index (κ2) is 5.83. The van der Waals surface area contributed by atoms with Gasteiger partial charge in [-0.15, -0.1) is 6.42 Å². The molecule has 1 N–H and O–H groups in total. The van der Waals surface area contributed by atoms with Gasteiger partial charge in [0.2, 0.25) is 0 Å². The molecule has 1 aromatic heterocycles. The molecule has 0 aliphatic rings. The number of hydrogen-bond donors (Lipinski definition) is 1. The van der Waals surface area contributed by atoms with Gasteiger partial charge < -0.3 is 10.0 Å². The van der Waals surface area contributed by atoms with Gasteiger partial charge in [-0.25, -0.2) is 9.97 Å². The van der Waals surface area contributed by atoms with Gasteiger partial charge in [0.05, 0.1) is 17.0 Å². The molecule has 0 saturated carbocycles. The Kier molecular flexibility index (Phi) is 3.95. The number of terminal acetylenes is 1. The molecule has 0 aliphatic heterocycles. The molecule has 2 rings (SSSR count). The van der Waals surface area contributed by atoms with E-state index in [-0.39, 0.29) is 24.6 Å². The highest BCUT2D eigenvalue weighted by Crippen LogP contribution is 2.26. The van der Waals surface area contributed by atoms with Gasteiger partial charge in [-0.1, -0.05) is 5.92 Å². The number of carboxylic acids is 1. The van der Waals surface area contributed by atoms with E-state index in [2.05, 4.69) is 15.9 Å². The normalized spacial score (nSPS) is 10.0. The summed E-state index contributed by atoms with van der Waals surface area (Å²) in [6.45, 7) is -0.347. The Balaban J connectivity index is 2.60. The Morgan fingerprint density at radius 3 is 2.86 bits per heavy atom. The first-order valence-corrected chi connectivity index (χ1v) is 5.82. The van der Waals surface area contributed by atoms with Gasteiger partial charge in [0, 0.05) is 17.5 Å². The smallest absolute Gasteiger partial charge is 0.323 e. The summed E-state index contributed by atoms with van der Waals surface area (Å²) in [5.74, 6) is 1.51. The number of carbonyl (C=O) groups is 1. The molecule has 0 atom stereocenters. The minimum Gasteiger partial charge on any atom is -0.480 e. The van der Waals surface area contributed by atoms with Gasteiger partial charge in [-0.05, 0) is 6.07 Å². The third-order valence-electron chi connectivity index (χ3n) is 2.72. The van der Waals surface area contributed by atoms with Crippen LogP contribution in [0, 0.1) is 22.5 Å². The molecule has 0 spiro atoms. The monoisotopic (exact) mass is 286 g/mol. The lowest BCUT2D eigenvalue weighted by Gasteiger charge is -2.20. The average molecular weight is 286 g/mol. The van der Waals surface area contributed by atoms with Crippen molar-refractivity contribution in [1.82, 2.24) is 9.97 Å². The second-order valence-electron chi connectivity index (χ2n) is 4.11. The predicted molar refractivity (Wildman–Crippen MR) is 74.9 cm³/mol. The quantitative estimate of drug-likeness (QED) is 0.497. The van der Waals surface area contributed by atoms with Crippen LogP contribution in [0.25, 0.3) is 10.9 Å². The van der Waals surface area contributed by atoms with Crippen molar-refractivity contribution in [1.29, 1.82) is 0 Å². The number of anilines is 1. The number of non-ortho nitro benzene ring substituents is 1. The fourth-order valence-corrected chi connectivity index (χ4v) is 1.88. The van der Waals surface area contributed by atoms with Crippen molar-refractivity contribution >= 4 is 28.4 Å². The Morgan fingerprint density at radius 2 is 2.24 bits per heavy atom. The molecule has 0 saturated heterocycles. The highest BCUT2D eigenvalue weighted by molar-refractivity contribution is 5.92. The summed E-state index contributed by atoms with van der Waals surface area (Å²) in [5.41, 5.74) is 0.340. The van der Waals surface area contributed by atoms with E-state index >= 15 is 0 Å². The van der Waals surface area contributed by atoms with Crippen molar-refractivity contribution in [3.05, 3.63) is 34.6 Å². The highest BCUT2D eigenvalue weighted by atomic mass is 16.6. The number of hydrogen-bond acceptors (Lipinski definition) is 6. The minimum atomic E-state index is -1.08. The van der Waals surface area contributed by atoms with Crippen LogP contribution in [0.4, 0.5) is 11.5 Å². The molecule has 0 unspecified atom stereocenters. The molecule has 0 amide bonds. The van der Waals surface area contributed by atoms with Gasteiger partial charge in [-0.2, -0.15) is 0 Å². The van der Waals surface area contributed by atoms with E-state index in [0.717, 1.165) is 0 Å². The molecule has 1 aromatic carbocycles. The highest BCUT2D eigenvalue weighted by Gasteiger charge is 2.17. The number of nitrogens with zero attached hydrogens (tertiary/aromatic N) is 4. The Labute approximate surface area is 119 Å². The Bertz CT molecular complexity index is 753. The molecule has 0 radical (unpaired) electrons. The van der Waals surface area contributed by atoms with Crippen LogP contribution >= 0.6 is 0 Å². The van der Waals surface area contributed by atoms with E-state index in [1.165, 1.54) is 29.4 Å². The summed E-state index contributed by atoms with van der Waals surface area (Å²) in [4.78, 5) is 30.6. The standard InChI is InChI=1S/C13H10N4O4/c1-2-5-16(7-12(18)19)13-10-6-9(17(20)21)3-4-11(10)14-8-15-13/h1,3-4,6,8H,5,7H2,(H,18,19). The number of benzene rings is 1. The van der Waals surface area contributed by atoms with Crippen LogP contribution in [0.15, 0.2) is 24.5 Å². The van der Waals surface area contributed by atoms with Crippen molar-refractivity contribution in [2.45, 2.75) is 0 Å². The van der Waals surface area contributed by atoms with Crippen LogP contribution in [-0.4, -0.2) is 39.1 Å². The number of nitro benzene ring substituents is 1. The molecule has 8 heteroatoms. The third-order valence-corrected chi connectivity index (χ3v) is 2.72. The number of aromatic nitrogens is 2. The topological polar surface area (TPSA) is 109 Å². The Morgan fingerprint density at radius 1 is 1.48 bits per heavy atom. The summed E-state index contributed by atoms with van der Waals surface area (Å²) < 4.78 is 0. The minimum absolute atomic E-state index is 0.0150. The predicted octanol–water partition coefficient (Wildman–Crippen LogP) is 1.06. The molecule has 8 nitrogen and oxygen atoms in total. The van der Waals surface area contributed by atoms with Crippen LogP contribution in [0.5, 0.6) is 0 Å². The number of carboxylic acid groups (broad SMARTS) is 1. The lowest BCUT2D eigenvalue weighted by Crippen LogP contribution is -2.31. The number of fused-ring (bicyclic) bond motifs is 1. The fraction of sp³-hybridized carbons (Fsp3) is 0.154. The molecule has 21 heavy (non-hydrogen) atoms. The number of aliphatic carboxylic acids is 1. The van der Waals surface area contributed by atoms with Crippen LogP contribution in [0.3, 0.4) is 0 Å². The zero-order valence-corrected chi connectivity index (χ0v) is 10.8. The molecule has 106 valence electrons. The molecular formula is C13H10N4O4. The maximum atomic E-state index is 10.9. The maximum absolute atomic E-state index is 10.9. The van der Waals surface area contributed by atoms with Gasteiger partial charge in [0.1, 0.15) is 18.7 Å². The van der Waals surface area contributed by atoms with Gasteiger partial charge >= 0.3 is 5.97 Å². The first kappa shape index (κ1) is 14.2. The van der Waals surface area contributed by atoms with Gasteiger partial charge in [0.15, 0.2) is 0 Å². The number of nitro groups is 1. The summed E-state index contributed by atoms with van der Waals surface area (Å²) >= 11 is 0. The molecular weight excluding hydrogens is 276 g/mol. The van der Waals surface area contributed by atoms with Gasteiger partial charge in [0.25, 0.3) is 5.69 Å². The van der Waals surface area contributed by atoms with Crippen molar-refractivity contribution in [3.63, 3.8) is 0 Å². The molecule has 0 bridgehead atoms. The number of rotatable bonds is 5. The molecule has 2 aromatic rings. The van der Waals surface area contributed by atoms with Gasteiger partial charge in [-0.3, -0.25) is 14.9 Å². The van der Waals surface area contributed by atoms with Crippen LogP contribution in [0.1, 0.15) is 0 Å². The van der Waals surface area contributed by atoms with E-state index in [1.807, 2.05) is 0 Å².